The molecule has 2 heteroatoms. The van der Waals surface area contributed by atoms with Crippen molar-refractivity contribution in [3.8, 4) is 0 Å². The zero-order valence-electron chi connectivity index (χ0n) is 2.81. The third kappa shape index (κ3) is 1.05. The zero-order chi connectivity index (χ0) is 3.54. The summed E-state index contributed by atoms with van der Waals surface area (Å²) in [6, 6.07) is 0. The smallest absolute Gasteiger partial charge is 0.0300 e. The minimum Gasteiger partial charge on any atom is -0.340 e. The molecule has 0 radical (unpaired) electrons. The number of rotatable bonds is 0. The molecule has 0 saturated carbocycles. The Morgan fingerprint density at radius 1 is 1.20 bits per heavy atom. The van der Waals surface area contributed by atoms with E-state index in [-0.39, 0.29) is 0 Å². The molecule has 1 fully saturated rings. The first-order valence-electron chi connectivity index (χ1n) is 1.55. The predicted molar refractivity (Wildman–Crippen MR) is 29.2 cm³/mol. The lowest BCUT2D eigenvalue weighted by atomic mass is 11.0. The molecule has 1 saturated heterocycles. The van der Waals surface area contributed by atoms with Crippen LogP contribution in [0.2, 0.25) is 0 Å². The van der Waals surface area contributed by atoms with E-state index in [2.05, 4.69) is 5.08 Å². The Morgan fingerprint density at radius 2 is 1.80 bits per heavy atom. The summed E-state index contributed by atoms with van der Waals surface area (Å²) in [5, 5.41) is 2.19. The Balaban J connectivity index is 2.08. The van der Waals surface area contributed by atoms with Crippen molar-refractivity contribution in [3.63, 3.8) is 0 Å². The van der Waals surface area contributed by atoms with Crippen LogP contribution < -0.4 is 0 Å². The summed E-state index contributed by atoms with van der Waals surface area (Å²) >= 11 is 3.82. The van der Waals surface area contributed by atoms with E-state index in [1.807, 2.05) is 23.5 Å². The average molecular weight is 105 g/mol. The Bertz CT molecular complexity index is 16.5. The molecule has 0 spiro atoms. The lowest BCUT2D eigenvalue weighted by Crippen LogP contribution is -1.64. The summed E-state index contributed by atoms with van der Waals surface area (Å²) in [6.45, 7) is 0. The van der Waals surface area contributed by atoms with Crippen LogP contribution in [0.15, 0.2) is 0 Å². The second kappa shape index (κ2) is 1.98. The van der Waals surface area contributed by atoms with Crippen LogP contribution in [-0.4, -0.2) is 11.5 Å². The molecule has 1 aliphatic heterocycles. The van der Waals surface area contributed by atoms with Crippen molar-refractivity contribution in [2.45, 2.75) is 0 Å². The number of hydrogen-bond donors (Lipinski definition) is 0. The summed E-state index contributed by atoms with van der Waals surface area (Å²) in [5.74, 6) is 2.65. The fraction of sp³-hybridized carbons (Fsp3) is 0.667. The lowest BCUT2D eigenvalue weighted by Gasteiger charge is -1.89. The molecule has 0 aliphatic carbocycles. The van der Waals surface area contributed by atoms with Gasteiger partial charge in [0.25, 0.3) is 0 Å². The van der Waals surface area contributed by atoms with E-state index >= 15 is 0 Å². The van der Waals surface area contributed by atoms with Gasteiger partial charge in [-0.25, -0.2) is 5.08 Å². The normalized spacial score (nSPS) is 24.0. The molecule has 1 aliphatic rings. The third-order valence-electron chi connectivity index (χ3n) is 0.455. The Kier molecular flexibility index (Phi) is 1.53. The maximum Gasteiger partial charge on any atom is -0.0300 e. The molecular weight excluding hydrogens is 100 g/mol. The van der Waals surface area contributed by atoms with Crippen LogP contribution in [0.3, 0.4) is 0 Å². The molecule has 1 heterocycles. The van der Waals surface area contributed by atoms with Gasteiger partial charge in [0.1, 0.15) is 0 Å². The maximum atomic E-state index is 2.19. The van der Waals surface area contributed by atoms with Gasteiger partial charge in [-0.2, -0.15) is 0 Å². The Labute approximate surface area is 40.7 Å². The van der Waals surface area contributed by atoms with E-state index < -0.39 is 0 Å². The van der Waals surface area contributed by atoms with E-state index in [9.17, 15) is 0 Å². The van der Waals surface area contributed by atoms with E-state index in [0.717, 1.165) is 0 Å². The standard InChI is InChI=1S/C3H5S2/c1-2-5-3-4-1/h3H,1-2H2/q-1. The highest BCUT2D eigenvalue weighted by Crippen LogP contribution is 2.26. The van der Waals surface area contributed by atoms with Gasteiger partial charge in [-0.3, -0.25) is 0 Å². The van der Waals surface area contributed by atoms with Crippen molar-refractivity contribution >= 4 is 23.5 Å². The summed E-state index contributed by atoms with van der Waals surface area (Å²) < 4.78 is 0. The van der Waals surface area contributed by atoms with E-state index in [4.69, 9.17) is 0 Å². The van der Waals surface area contributed by atoms with Crippen molar-refractivity contribution in [1.82, 2.24) is 0 Å². The molecular formula is C3H5S2-. The van der Waals surface area contributed by atoms with Crippen LogP contribution in [0, 0.1) is 5.08 Å². The van der Waals surface area contributed by atoms with Gasteiger partial charge in [0.2, 0.25) is 0 Å². The molecule has 0 unspecified atom stereocenters. The summed E-state index contributed by atoms with van der Waals surface area (Å²) in [4.78, 5) is 0. The van der Waals surface area contributed by atoms with Gasteiger partial charge < -0.3 is 23.5 Å². The second-order valence-electron chi connectivity index (χ2n) is 0.838. The first-order chi connectivity index (χ1) is 2.50. The molecule has 0 N–H and O–H groups in total. The van der Waals surface area contributed by atoms with Gasteiger partial charge in [-0.15, -0.1) is 0 Å². The van der Waals surface area contributed by atoms with Crippen molar-refractivity contribution in [2.24, 2.45) is 0 Å². The van der Waals surface area contributed by atoms with Gasteiger partial charge in [0.15, 0.2) is 0 Å². The third-order valence-corrected chi connectivity index (χ3v) is 2.68. The quantitative estimate of drug-likeness (QED) is 0.429. The lowest BCUT2D eigenvalue weighted by molar-refractivity contribution is 1.59. The molecule has 0 aromatic rings. The molecule has 0 bridgehead atoms. The van der Waals surface area contributed by atoms with Gasteiger partial charge >= 0.3 is 0 Å². The van der Waals surface area contributed by atoms with Gasteiger partial charge in [0, 0.05) is 0 Å². The van der Waals surface area contributed by atoms with Crippen LogP contribution in [0.1, 0.15) is 0 Å². The summed E-state index contributed by atoms with van der Waals surface area (Å²) in [6.07, 6.45) is 0. The van der Waals surface area contributed by atoms with Crippen LogP contribution in [-0.2, 0) is 0 Å². The van der Waals surface area contributed by atoms with Crippen molar-refractivity contribution in [1.29, 1.82) is 0 Å². The highest BCUT2D eigenvalue weighted by atomic mass is 32.2. The van der Waals surface area contributed by atoms with Crippen molar-refractivity contribution in [2.75, 3.05) is 11.5 Å². The second-order valence-corrected chi connectivity index (χ2v) is 3.09. The van der Waals surface area contributed by atoms with E-state index in [1.54, 1.807) is 0 Å². The summed E-state index contributed by atoms with van der Waals surface area (Å²) in [7, 11) is 0. The molecule has 0 amide bonds. The molecule has 0 atom stereocenters. The molecule has 0 aromatic heterocycles. The monoisotopic (exact) mass is 105 g/mol. The van der Waals surface area contributed by atoms with Crippen molar-refractivity contribution < 1.29 is 0 Å². The minimum absolute atomic E-state index is 1.32. The maximum absolute atomic E-state index is 2.19. The van der Waals surface area contributed by atoms with Crippen molar-refractivity contribution in [3.05, 3.63) is 5.08 Å². The predicted octanol–water partition coefficient (Wildman–Crippen LogP) is 1.59. The van der Waals surface area contributed by atoms with Gasteiger partial charge in [0.05, 0.1) is 0 Å². The first kappa shape index (κ1) is 3.88. The molecule has 0 aromatic carbocycles. The largest absolute Gasteiger partial charge is 0.340 e. The van der Waals surface area contributed by atoms with Crippen LogP contribution >= 0.6 is 23.5 Å². The van der Waals surface area contributed by atoms with Crippen LogP contribution in [0.25, 0.3) is 0 Å². The minimum atomic E-state index is 1.32. The highest BCUT2D eigenvalue weighted by molar-refractivity contribution is 8.22. The van der Waals surface area contributed by atoms with Crippen LogP contribution in [0.4, 0.5) is 0 Å². The van der Waals surface area contributed by atoms with Gasteiger partial charge in [-0.05, 0) is 11.5 Å². The first-order valence-corrected chi connectivity index (χ1v) is 3.65. The Morgan fingerprint density at radius 3 is 2.00 bits per heavy atom. The van der Waals surface area contributed by atoms with E-state index in [0.29, 0.717) is 0 Å². The fourth-order valence-corrected chi connectivity index (χ4v) is 2.17. The SMILES string of the molecule is [CH-]1SCCS1. The number of hydrogen-bond acceptors (Lipinski definition) is 2. The number of thioether (sulfide) groups is 2. The van der Waals surface area contributed by atoms with Gasteiger partial charge in [-0.1, -0.05) is 0 Å². The molecule has 30 valence electrons. The van der Waals surface area contributed by atoms with Crippen LogP contribution in [0.5, 0.6) is 0 Å². The average Bonchev–Trinajstić information content (AvgIpc) is 1.76. The zero-order valence-corrected chi connectivity index (χ0v) is 4.44. The fourth-order valence-electron chi connectivity index (χ4n) is 0.241. The molecule has 5 heavy (non-hydrogen) atoms. The molecule has 0 nitrogen and oxygen atoms in total. The van der Waals surface area contributed by atoms with E-state index in [1.165, 1.54) is 11.5 Å². The summed E-state index contributed by atoms with van der Waals surface area (Å²) in [5.41, 5.74) is 0. The topological polar surface area (TPSA) is 0 Å². The Hall–Kier alpha value is 0.700. The highest BCUT2D eigenvalue weighted by Gasteiger charge is 1.82. The molecule has 1 rings (SSSR count).